The molecule has 0 bridgehead atoms. The van der Waals surface area contributed by atoms with E-state index in [4.69, 9.17) is 4.42 Å². The van der Waals surface area contributed by atoms with Crippen molar-refractivity contribution in [3.63, 3.8) is 0 Å². The molecule has 0 aliphatic heterocycles. The van der Waals surface area contributed by atoms with Crippen molar-refractivity contribution in [3.05, 3.63) is 41.7 Å². The molecule has 0 amide bonds. The number of rotatable bonds is 4. The summed E-state index contributed by atoms with van der Waals surface area (Å²) >= 11 is 0. The molecule has 0 aliphatic rings. The molecule has 1 N–H and O–H groups in total. The van der Waals surface area contributed by atoms with Gasteiger partial charge in [0.15, 0.2) is 0 Å². The number of hydrogen-bond donors (Lipinski definition) is 1. The lowest BCUT2D eigenvalue weighted by molar-refractivity contribution is 0.517. The summed E-state index contributed by atoms with van der Waals surface area (Å²) in [5.74, 6) is 2.42. The van der Waals surface area contributed by atoms with Gasteiger partial charge in [0.05, 0.1) is 12.8 Å². The number of hydrogen-bond acceptors (Lipinski definition) is 5. The maximum atomic E-state index is 5.33. The maximum absolute atomic E-state index is 5.33. The molecule has 6 nitrogen and oxygen atoms in total. The zero-order valence-electron chi connectivity index (χ0n) is 10.9. The number of furan rings is 1. The highest BCUT2D eigenvalue weighted by atomic mass is 16.3. The normalized spacial score (nSPS) is 11.1. The highest BCUT2D eigenvalue weighted by molar-refractivity contribution is 5.52. The maximum Gasteiger partial charge on any atom is 0.254 e. The summed E-state index contributed by atoms with van der Waals surface area (Å²) in [5, 5.41) is 7.58. The molecule has 98 valence electrons. The zero-order chi connectivity index (χ0) is 13.2. The zero-order valence-corrected chi connectivity index (χ0v) is 10.9. The Hall–Kier alpha value is -2.37. The minimum absolute atomic E-state index is 0.608. The molecule has 0 spiro atoms. The van der Waals surface area contributed by atoms with E-state index in [1.54, 1.807) is 10.8 Å². The van der Waals surface area contributed by atoms with Crippen molar-refractivity contribution in [1.82, 2.24) is 19.6 Å². The third-order valence-electron chi connectivity index (χ3n) is 3.10. The largest absolute Gasteiger partial charge is 0.467 e. The van der Waals surface area contributed by atoms with Crippen LogP contribution >= 0.6 is 0 Å². The van der Waals surface area contributed by atoms with Crippen molar-refractivity contribution in [1.29, 1.82) is 0 Å². The number of anilines is 1. The van der Waals surface area contributed by atoms with Crippen molar-refractivity contribution in [2.75, 3.05) is 5.32 Å². The fourth-order valence-corrected chi connectivity index (χ4v) is 2.17. The van der Waals surface area contributed by atoms with Crippen LogP contribution in [-0.2, 0) is 13.0 Å². The molecule has 0 saturated carbocycles. The van der Waals surface area contributed by atoms with Gasteiger partial charge in [-0.05, 0) is 25.5 Å². The van der Waals surface area contributed by atoms with Crippen LogP contribution < -0.4 is 5.32 Å². The Morgan fingerprint density at radius 3 is 3.05 bits per heavy atom. The van der Waals surface area contributed by atoms with Gasteiger partial charge in [0.25, 0.3) is 5.78 Å². The molecule has 3 rings (SSSR count). The Morgan fingerprint density at radius 2 is 2.32 bits per heavy atom. The molecule has 3 heterocycles. The summed E-state index contributed by atoms with van der Waals surface area (Å²) in [6.45, 7) is 4.70. The molecule has 0 aliphatic carbocycles. The molecule has 0 atom stereocenters. The van der Waals surface area contributed by atoms with Crippen LogP contribution in [0.2, 0.25) is 0 Å². The summed E-state index contributed by atoms with van der Waals surface area (Å²) in [7, 11) is 0. The van der Waals surface area contributed by atoms with E-state index in [-0.39, 0.29) is 0 Å². The number of aromatic nitrogens is 4. The van der Waals surface area contributed by atoms with Crippen LogP contribution in [0.3, 0.4) is 0 Å². The van der Waals surface area contributed by atoms with E-state index >= 15 is 0 Å². The molecule has 0 radical (unpaired) electrons. The summed E-state index contributed by atoms with van der Waals surface area (Å²) in [5.41, 5.74) is 2.12. The Kier molecular flexibility index (Phi) is 2.91. The lowest BCUT2D eigenvalue weighted by Gasteiger charge is -2.13. The van der Waals surface area contributed by atoms with E-state index in [2.05, 4.69) is 27.3 Å². The summed E-state index contributed by atoms with van der Waals surface area (Å²) < 4.78 is 7.06. The Labute approximate surface area is 110 Å². The molecule has 3 aromatic rings. The highest BCUT2D eigenvalue weighted by Crippen LogP contribution is 2.20. The fraction of sp³-hybridized carbons (Fsp3) is 0.308. The molecule has 0 saturated heterocycles. The molecule has 19 heavy (non-hydrogen) atoms. The second-order valence-electron chi connectivity index (χ2n) is 4.28. The molecular weight excluding hydrogens is 242 g/mol. The van der Waals surface area contributed by atoms with E-state index < -0.39 is 0 Å². The third kappa shape index (κ3) is 2.05. The Bertz CT molecular complexity index is 686. The lowest BCUT2D eigenvalue weighted by Crippen LogP contribution is -2.11. The van der Waals surface area contributed by atoms with Crippen molar-refractivity contribution >= 4 is 11.6 Å². The quantitative estimate of drug-likeness (QED) is 0.776. The van der Waals surface area contributed by atoms with E-state index in [1.165, 1.54) is 6.33 Å². The van der Waals surface area contributed by atoms with Crippen LogP contribution in [0.25, 0.3) is 5.78 Å². The van der Waals surface area contributed by atoms with Crippen molar-refractivity contribution in [2.45, 2.75) is 26.8 Å². The van der Waals surface area contributed by atoms with Gasteiger partial charge >= 0.3 is 0 Å². The average Bonchev–Trinajstić information content (AvgIpc) is 3.05. The summed E-state index contributed by atoms with van der Waals surface area (Å²) in [4.78, 5) is 8.58. The van der Waals surface area contributed by atoms with Gasteiger partial charge in [0, 0.05) is 11.3 Å². The number of fused-ring (bicyclic) bond motifs is 1. The predicted molar refractivity (Wildman–Crippen MR) is 70.9 cm³/mol. The lowest BCUT2D eigenvalue weighted by atomic mass is 10.1. The molecular formula is C13H15N5O. The van der Waals surface area contributed by atoms with E-state index in [0.29, 0.717) is 12.3 Å². The van der Waals surface area contributed by atoms with Gasteiger partial charge in [-0.25, -0.2) is 4.98 Å². The minimum atomic E-state index is 0.608. The first kappa shape index (κ1) is 11.7. The van der Waals surface area contributed by atoms with E-state index in [1.807, 2.05) is 19.1 Å². The number of nitrogens with zero attached hydrogens (tertiary/aromatic N) is 4. The second-order valence-corrected chi connectivity index (χ2v) is 4.28. The molecule has 0 fully saturated rings. The first-order valence-corrected chi connectivity index (χ1v) is 6.25. The predicted octanol–water partition coefficient (Wildman–Crippen LogP) is 2.20. The van der Waals surface area contributed by atoms with Crippen LogP contribution in [0.15, 0.2) is 29.1 Å². The third-order valence-corrected chi connectivity index (χ3v) is 3.10. The van der Waals surface area contributed by atoms with Crippen molar-refractivity contribution < 1.29 is 4.42 Å². The van der Waals surface area contributed by atoms with Crippen LogP contribution in [-0.4, -0.2) is 19.6 Å². The number of nitrogens with one attached hydrogen (secondary N) is 1. The van der Waals surface area contributed by atoms with Gasteiger partial charge in [-0.1, -0.05) is 6.92 Å². The van der Waals surface area contributed by atoms with Gasteiger partial charge in [0.1, 0.15) is 17.9 Å². The minimum Gasteiger partial charge on any atom is -0.467 e. The molecule has 3 aromatic heterocycles. The van der Waals surface area contributed by atoms with Gasteiger partial charge in [-0.2, -0.15) is 14.6 Å². The smallest absolute Gasteiger partial charge is 0.254 e. The first-order valence-electron chi connectivity index (χ1n) is 6.25. The monoisotopic (exact) mass is 257 g/mol. The van der Waals surface area contributed by atoms with Gasteiger partial charge < -0.3 is 9.73 Å². The van der Waals surface area contributed by atoms with Crippen LogP contribution in [0, 0.1) is 6.92 Å². The van der Waals surface area contributed by atoms with E-state index in [0.717, 1.165) is 29.3 Å². The molecule has 0 unspecified atom stereocenters. The first-order chi connectivity index (χ1) is 9.29. The average molecular weight is 257 g/mol. The Morgan fingerprint density at radius 1 is 1.42 bits per heavy atom. The van der Waals surface area contributed by atoms with Crippen LogP contribution in [0.1, 0.15) is 23.9 Å². The second kappa shape index (κ2) is 4.72. The molecule has 6 heteroatoms. The van der Waals surface area contributed by atoms with Crippen LogP contribution in [0.4, 0.5) is 5.82 Å². The van der Waals surface area contributed by atoms with Gasteiger partial charge in [-0.15, -0.1) is 0 Å². The highest BCUT2D eigenvalue weighted by Gasteiger charge is 2.12. The molecule has 0 aromatic carbocycles. The van der Waals surface area contributed by atoms with Crippen LogP contribution in [0.5, 0.6) is 0 Å². The van der Waals surface area contributed by atoms with Crippen molar-refractivity contribution in [3.8, 4) is 0 Å². The summed E-state index contributed by atoms with van der Waals surface area (Å²) in [6, 6.07) is 3.81. The summed E-state index contributed by atoms with van der Waals surface area (Å²) in [6.07, 6.45) is 4.06. The fourth-order valence-electron chi connectivity index (χ4n) is 2.17. The van der Waals surface area contributed by atoms with E-state index in [9.17, 15) is 0 Å². The topological polar surface area (TPSA) is 68.2 Å². The standard InChI is InChI=1S/C13H15N5O/c1-3-11-9(2)17-13-15-8-16-18(13)12(11)14-7-10-5-4-6-19-10/h4-6,8,14H,3,7H2,1-2H3. The number of aryl methyl sites for hydroxylation is 1. The van der Waals surface area contributed by atoms with Gasteiger partial charge in [0.2, 0.25) is 0 Å². The van der Waals surface area contributed by atoms with Crippen molar-refractivity contribution in [2.24, 2.45) is 0 Å². The Balaban J connectivity index is 2.01. The SMILES string of the molecule is CCc1c(C)nc2ncnn2c1NCc1ccco1. The van der Waals surface area contributed by atoms with Gasteiger partial charge in [-0.3, -0.25) is 0 Å².